The highest BCUT2D eigenvalue weighted by Crippen LogP contribution is 2.33. The maximum absolute atomic E-state index is 12.6. The number of benzene rings is 1. The van der Waals surface area contributed by atoms with Gasteiger partial charge < -0.3 is 5.32 Å². The molecular formula is C13H19F3N2OS. The molecule has 3 N–H and O–H groups in total. The zero-order chi connectivity index (χ0) is 14.8. The molecule has 1 heterocycles. The number of halogens is 3. The summed E-state index contributed by atoms with van der Waals surface area (Å²) in [4.78, 5) is -0.334. The molecule has 1 aromatic rings. The SMILES string of the molecule is N[SH](=O)(c1ccc(CC2CCNCC2)cc1)C(F)(F)F. The molecule has 0 atom stereocenters. The molecule has 0 amide bonds. The second kappa shape index (κ2) is 5.83. The van der Waals surface area contributed by atoms with Crippen molar-refractivity contribution in [1.82, 2.24) is 5.32 Å². The third-order valence-corrected chi connectivity index (χ3v) is 5.50. The second-order valence-electron chi connectivity index (χ2n) is 5.19. The summed E-state index contributed by atoms with van der Waals surface area (Å²) in [5.41, 5.74) is -3.92. The Kier molecular flexibility index (Phi) is 4.51. The minimum absolute atomic E-state index is 0.334. The van der Waals surface area contributed by atoms with Gasteiger partial charge in [0, 0.05) is 4.90 Å². The Morgan fingerprint density at radius 2 is 1.75 bits per heavy atom. The number of hydrogen-bond donors (Lipinski definition) is 3. The molecule has 0 spiro atoms. The van der Waals surface area contributed by atoms with E-state index in [-0.39, 0.29) is 4.90 Å². The Bertz CT molecular complexity index is 495. The van der Waals surface area contributed by atoms with E-state index in [1.165, 1.54) is 12.1 Å². The molecular weight excluding hydrogens is 289 g/mol. The topological polar surface area (TPSA) is 55.1 Å². The van der Waals surface area contributed by atoms with Crippen LogP contribution in [0.15, 0.2) is 29.2 Å². The first-order valence-electron chi connectivity index (χ1n) is 6.56. The van der Waals surface area contributed by atoms with Crippen molar-refractivity contribution in [2.45, 2.75) is 29.7 Å². The Labute approximate surface area is 117 Å². The van der Waals surface area contributed by atoms with Crippen LogP contribution in [0.4, 0.5) is 13.2 Å². The molecule has 1 aliphatic rings. The van der Waals surface area contributed by atoms with Crippen molar-refractivity contribution in [3.63, 3.8) is 0 Å². The van der Waals surface area contributed by atoms with Crippen LogP contribution >= 0.6 is 0 Å². The monoisotopic (exact) mass is 308 g/mol. The lowest BCUT2D eigenvalue weighted by atomic mass is 9.91. The van der Waals surface area contributed by atoms with Crippen molar-refractivity contribution in [2.24, 2.45) is 11.1 Å². The van der Waals surface area contributed by atoms with Gasteiger partial charge in [-0.3, -0.25) is 9.35 Å². The van der Waals surface area contributed by atoms with E-state index in [0.29, 0.717) is 5.92 Å². The Morgan fingerprint density at radius 1 is 1.20 bits per heavy atom. The van der Waals surface area contributed by atoms with Crippen molar-refractivity contribution in [1.29, 1.82) is 0 Å². The van der Waals surface area contributed by atoms with E-state index in [2.05, 4.69) is 5.32 Å². The van der Waals surface area contributed by atoms with Crippen LogP contribution in [-0.4, -0.2) is 22.8 Å². The summed E-state index contributed by atoms with van der Waals surface area (Å²) in [5, 5.41) is 8.24. The lowest BCUT2D eigenvalue weighted by Gasteiger charge is -2.24. The number of hydrogen-bond acceptors (Lipinski definition) is 2. The normalized spacial score (nSPS) is 19.0. The zero-order valence-electron chi connectivity index (χ0n) is 11.0. The molecule has 1 aromatic carbocycles. The second-order valence-corrected chi connectivity index (χ2v) is 7.53. The van der Waals surface area contributed by atoms with Crippen molar-refractivity contribution in [3.8, 4) is 0 Å². The molecule has 1 fully saturated rings. The Hall–Kier alpha value is -0.920. The van der Waals surface area contributed by atoms with Gasteiger partial charge >= 0.3 is 5.51 Å². The number of alkyl halides is 3. The lowest BCUT2D eigenvalue weighted by molar-refractivity contribution is -0.0419. The van der Waals surface area contributed by atoms with Crippen LogP contribution in [0.25, 0.3) is 0 Å². The van der Waals surface area contributed by atoms with Crippen molar-refractivity contribution < 1.29 is 17.4 Å². The molecule has 0 aromatic heterocycles. The van der Waals surface area contributed by atoms with Crippen LogP contribution in [0.3, 0.4) is 0 Å². The summed E-state index contributed by atoms with van der Waals surface area (Å²) >= 11 is 0. The van der Waals surface area contributed by atoms with E-state index >= 15 is 0 Å². The number of piperidine rings is 1. The van der Waals surface area contributed by atoms with Crippen LogP contribution in [0.1, 0.15) is 18.4 Å². The van der Waals surface area contributed by atoms with Crippen molar-refractivity contribution in [3.05, 3.63) is 29.8 Å². The van der Waals surface area contributed by atoms with Crippen LogP contribution in [0.2, 0.25) is 0 Å². The number of nitrogens with one attached hydrogen (secondary N) is 1. The fraction of sp³-hybridized carbons (Fsp3) is 0.538. The number of thiol groups is 1. The van der Waals surface area contributed by atoms with Gasteiger partial charge in [-0.25, -0.2) is 0 Å². The largest absolute Gasteiger partial charge is 0.464 e. The molecule has 20 heavy (non-hydrogen) atoms. The van der Waals surface area contributed by atoms with Crippen LogP contribution < -0.4 is 10.5 Å². The quantitative estimate of drug-likeness (QED) is 0.748. The zero-order valence-corrected chi connectivity index (χ0v) is 11.9. The summed E-state index contributed by atoms with van der Waals surface area (Å²) < 4.78 is 49.4. The van der Waals surface area contributed by atoms with Gasteiger partial charge in [0.05, 0.1) is 10.1 Å². The van der Waals surface area contributed by atoms with Gasteiger partial charge in [-0.1, -0.05) is 12.1 Å². The Balaban J connectivity index is 2.08. The predicted octanol–water partition coefficient (Wildman–Crippen LogP) is 2.00. The molecule has 7 heteroatoms. The lowest BCUT2D eigenvalue weighted by Crippen LogP contribution is -2.38. The highest BCUT2D eigenvalue weighted by molar-refractivity contribution is 8.01. The molecule has 0 aliphatic carbocycles. The molecule has 114 valence electrons. The molecule has 0 bridgehead atoms. The summed E-state index contributed by atoms with van der Waals surface area (Å²) in [6, 6.07) is 5.68. The molecule has 1 saturated heterocycles. The van der Waals surface area contributed by atoms with Crippen molar-refractivity contribution >= 4 is 10.1 Å². The van der Waals surface area contributed by atoms with Gasteiger partial charge in [0.1, 0.15) is 0 Å². The van der Waals surface area contributed by atoms with Gasteiger partial charge in [0.2, 0.25) is 0 Å². The van der Waals surface area contributed by atoms with E-state index in [9.17, 15) is 17.4 Å². The van der Waals surface area contributed by atoms with E-state index in [4.69, 9.17) is 5.14 Å². The first kappa shape index (κ1) is 15.5. The van der Waals surface area contributed by atoms with Crippen molar-refractivity contribution in [2.75, 3.05) is 13.1 Å². The van der Waals surface area contributed by atoms with E-state index in [0.717, 1.165) is 37.9 Å². The smallest absolute Gasteiger partial charge is 0.317 e. The van der Waals surface area contributed by atoms with Gasteiger partial charge in [-0.2, -0.15) is 13.2 Å². The average Bonchev–Trinajstić information content (AvgIpc) is 2.39. The summed E-state index contributed by atoms with van der Waals surface area (Å²) in [6.07, 6.45) is 2.97. The summed E-state index contributed by atoms with van der Waals surface area (Å²) in [5.74, 6) is 0.550. The standard InChI is InChI=1S/C13H19F3N2OS/c14-13(15,16)20(17,19)12-3-1-10(2-4-12)9-11-5-7-18-8-6-11/h1-4,11,18,20H,5-9H2,(H2,17,19). The maximum atomic E-state index is 12.6. The molecule has 0 unspecified atom stereocenters. The minimum atomic E-state index is -4.89. The molecule has 3 nitrogen and oxygen atoms in total. The minimum Gasteiger partial charge on any atom is -0.317 e. The first-order valence-corrected chi connectivity index (χ1v) is 8.34. The third-order valence-electron chi connectivity index (χ3n) is 3.68. The van der Waals surface area contributed by atoms with E-state index < -0.39 is 15.6 Å². The average molecular weight is 308 g/mol. The molecule has 0 radical (unpaired) electrons. The van der Waals surface area contributed by atoms with Gasteiger partial charge in [0.25, 0.3) is 0 Å². The molecule has 1 aliphatic heterocycles. The van der Waals surface area contributed by atoms with Gasteiger partial charge in [-0.05, 0) is 56.0 Å². The van der Waals surface area contributed by atoms with Crippen LogP contribution in [0.5, 0.6) is 0 Å². The van der Waals surface area contributed by atoms with Crippen LogP contribution in [0, 0.1) is 5.92 Å². The first-order chi connectivity index (χ1) is 9.30. The van der Waals surface area contributed by atoms with E-state index in [1.807, 2.05) is 0 Å². The van der Waals surface area contributed by atoms with Crippen LogP contribution in [-0.2, 0) is 16.5 Å². The van der Waals surface area contributed by atoms with Gasteiger partial charge in [0.15, 0.2) is 0 Å². The summed E-state index contributed by atoms with van der Waals surface area (Å²) in [6.45, 7) is 1.96. The highest BCUT2D eigenvalue weighted by Gasteiger charge is 2.43. The highest BCUT2D eigenvalue weighted by atomic mass is 32.3. The molecule has 0 saturated carbocycles. The third kappa shape index (κ3) is 3.39. The van der Waals surface area contributed by atoms with Gasteiger partial charge in [-0.15, -0.1) is 0 Å². The summed E-state index contributed by atoms with van der Waals surface area (Å²) in [7, 11) is -4.80. The van der Waals surface area contributed by atoms with E-state index in [1.54, 1.807) is 12.1 Å². The number of rotatable bonds is 3. The molecule has 2 rings (SSSR count). The Morgan fingerprint density at radius 3 is 2.25 bits per heavy atom. The number of nitrogens with two attached hydrogens (primary N) is 1. The predicted molar refractivity (Wildman–Crippen MR) is 73.8 cm³/mol. The maximum Gasteiger partial charge on any atom is 0.464 e. The fourth-order valence-electron chi connectivity index (χ4n) is 2.42. The fourth-order valence-corrected chi connectivity index (χ4v) is 3.30.